The predicted molar refractivity (Wildman–Crippen MR) is 101 cm³/mol. The van der Waals surface area contributed by atoms with Crippen LogP contribution >= 0.6 is 0 Å². The molecule has 0 spiro atoms. The Morgan fingerprint density at radius 3 is 2.81 bits per heavy atom. The van der Waals surface area contributed by atoms with E-state index in [4.69, 9.17) is 4.74 Å². The highest BCUT2D eigenvalue weighted by Gasteiger charge is 2.08. The van der Waals surface area contributed by atoms with E-state index in [1.165, 1.54) is 23.3 Å². The number of anilines is 1. The topological polar surface area (TPSA) is 91.9 Å². The normalized spacial score (nSPS) is 10.8. The van der Waals surface area contributed by atoms with Gasteiger partial charge in [0.25, 0.3) is 5.91 Å². The summed E-state index contributed by atoms with van der Waals surface area (Å²) in [6.07, 6.45) is 6.69. The molecule has 136 valence electrons. The van der Waals surface area contributed by atoms with Gasteiger partial charge in [0.05, 0.1) is 5.56 Å². The van der Waals surface area contributed by atoms with E-state index in [9.17, 15) is 4.79 Å². The lowest BCUT2D eigenvalue weighted by atomic mass is 10.1. The van der Waals surface area contributed by atoms with E-state index in [-0.39, 0.29) is 5.91 Å². The first-order chi connectivity index (χ1) is 12.8. The first-order valence-corrected chi connectivity index (χ1v) is 8.66. The van der Waals surface area contributed by atoms with E-state index in [0.717, 1.165) is 24.9 Å². The average molecular weight is 353 g/mol. The van der Waals surface area contributed by atoms with Crippen molar-refractivity contribution >= 4 is 22.8 Å². The first kappa shape index (κ1) is 17.9. The predicted octanol–water partition coefficient (Wildman–Crippen LogP) is 2.38. The molecule has 0 aliphatic heterocycles. The molecule has 2 heterocycles. The van der Waals surface area contributed by atoms with Gasteiger partial charge in [-0.1, -0.05) is 18.2 Å². The van der Waals surface area contributed by atoms with Crippen LogP contribution in [0.1, 0.15) is 22.3 Å². The quantitative estimate of drug-likeness (QED) is 0.514. The van der Waals surface area contributed by atoms with Crippen LogP contribution in [0.3, 0.4) is 0 Å². The van der Waals surface area contributed by atoms with Crippen LogP contribution < -0.4 is 10.6 Å². The van der Waals surface area contributed by atoms with Gasteiger partial charge in [0.1, 0.15) is 0 Å². The maximum Gasteiger partial charge on any atom is 0.254 e. The smallest absolute Gasteiger partial charge is 0.254 e. The lowest BCUT2D eigenvalue weighted by molar-refractivity contribution is 0.0953. The van der Waals surface area contributed by atoms with Crippen molar-refractivity contribution in [2.75, 3.05) is 32.1 Å². The number of carbonyl (C=O) groups is 1. The fourth-order valence-electron chi connectivity index (χ4n) is 2.70. The second-order valence-electron chi connectivity index (χ2n) is 5.93. The number of nitrogens with one attached hydrogen (secondary N) is 3. The van der Waals surface area contributed by atoms with Crippen molar-refractivity contribution in [2.45, 2.75) is 12.8 Å². The molecule has 0 atom stereocenters. The number of para-hydroxylation sites is 1. The van der Waals surface area contributed by atoms with Crippen molar-refractivity contribution in [3.63, 3.8) is 0 Å². The fourth-order valence-corrected chi connectivity index (χ4v) is 2.70. The summed E-state index contributed by atoms with van der Waals surface area (Å²) in [7, 11) is 1.67. The maximum atomic E-state index is 12.2. The van der Waals surface area contributed by atoms with E-state index in [1.54, 1.807) is 7.11 Å². The molecule has 0 saturated carbocycles. The number of carbonyl (C=O) groups excluding carboxylic acids is 1. The molecule has 0 aliphatic rings. The molecule has 1 aromatic carbocycles. The molecule has 0 radical (unpaired) electrons. The molecule has 0 aliphatic carbocycles. The molecule has 1 amide bonds. The minimum atomic E-state index is -0.171. The van der Waals surface area contributed by atoms with Gasteiger partial charge in [-0.2, -0.15) is 0 Å². The zero-order chi connectivity index (χ0) is 18.2. The van der Waals surface area contributed by atoms with Crippen molar-refractivity contribution in [1.29, 1.82) is 0 Å². The molecule has 0 fully saturated rings. The summed E-state index contributed by atoms with van der Waals surface area (Å²) in [6.45, 7) is 1.96. The molecule has 7 heteroatoms. The second-order valence-corrected chi connectivity index (χ2v) is 5.93. The standard InChI is InChI=1S/C19H23N5O2/c1-26-10-4-8-21-19-23-12-15(13-24-19)18(25)20-9-7-14-11-22-17-6-3-2-5-16(14)17/h2-3,5-6,11-13,22H,4,7-10H2,1H3,(H,20,25)(H,21,23,24). The van der Waals surface area contributed by atoms with E-state index < -0.39 is 0 Å². The number of H-pyrrole nitrogens is 1. The summed E-state index contributed by atoms with van der Waals surface area (Å²) in [4.78, 5) is 23.8. The third kappa shape index (κ3) is 4.58. The number of hydrogen-bond donors (Lipinski definition) is 3. The van der Waals surface area contributed by atoms with Gasteiger partial charge in [0.15, 0.2) is 0 Å². The Labute approximate surface area is 152 Å². The van der Waals surface area contributed by atoms with Crippen LogP contribution in [0.5, 0.6) is 0 Å². The van der Waals surface area contributed by atoms with Crippen molar-refractivity contribution in [3.05, 3.63) is 54.0 Å². The molecular weight excluding hydrogens is 330 g/mol. The van der Waals surface area contributed by atoms with Gasteiger partial charge >= 0.3 is 0 Å². The van der Waals surface area contributed by atoms with Crippen LogP contribution in [-0.4, -0.2) is 47.7 Å². The minimum absolute atomic E-state index is 0.171. The van der Waals surface area contributed by atoms with Gasteiger partial charge in [-0.15, -0.1) is 0 Å². The lowest BCUT2D eigenvalue weighted by Crippen LogP contribution is -2.26. The first-order valence-electron chi connectivity index (χ1n) is 8.66. The Hall–Kier alpha value is -2.93. The minimum Gasteiger partial charge on any atom is -0.385 e. The van der Waals surface area contributed by atoms with Crippen molar-refractivity contribution < 1.29 is 9.53 Å². The molecule has 0 unspecified atom stereocenters. The zero-order valence-corrected chi connectivity index (χ0v) is 14.8. The Bertz CT molecular complexity index is 845. The van der Waals surface area contributed by atoms with Crippen molar-refractivity contribution in [1.82, 2.24) is 20.3 Å². The van der Waals surface area contributed by atoms with Gasteiger partial charge in [-0.05, 0) is 24.5 Å². The fraction of sp³-hybridized carbons (Fsp3) is 0.316. The number of aromatic amines is 1. The number of rotatable bonds is 9. The van der Waals surface area contributed by atoms with Crippen LogP contribution in [0.4, 0.5) is 5.95 Å². The molecule has 0 saturated heterocycles. The number of methoxy groups -OCH3 is 1. The van der Waals surface area contributed by atoms with Crippen LogP contribution in [0.15, 0.2) is 42.9 Å². The molecule has 3 aromatic rings. The molecule has 7 nitrogen and oxygen atoms in total. The largest absolute Gasteiger partial charge is 0.385 e. The van der Waals surface area contributed by atoms with E-state index in [0.29, 0.717) is 24.7 Å². The highest BCUT2D eigenvalue weighted by molar-refractivity contribution is 5.93. The summed E-state index contributed by atoms with van der Waals surface area (Å²) in [5, 5.41) is 7.19. The van der Waals surface area contributed by atoms with E-state index in [1.807, 2.05) is 24.4 Å². The Balaban J connectivity index is 1.47. The van der Waals surface area contributed by atoms with Crippen LogP contribution in [0.25, 0.3) is 10.9 Å². The number of nitrogens with zero attached hydrogens (tertiary/aromatic N) is 2. The highest BCUT2D eigenvalue weighted by Crippen LogP contribution is 2.17. The summed E-state index contributed by atoms with van der Waals surface area (Å²) < 4.78 is 4.98. The third-order valence-electron chi connectivity index (χ3n) is 4.08. The Kier molecular flexibility index (Phi) is 6.16. The lowest BCUT2D eigenvalue weighted by Gasteiger charge is -2.06. The Morgan fingerprint density at radius 1 is 1.19 bits per heavy atom. The van der Waals surface area contributed by atoms with Gasteiger partial charge in [0.2, 0.25) is 5.95 Å². The van der Waals surface area contributed by atoms with Crippen molar-refractivity contribution in [3.8, 4) is 0 Å². The summed E-state index contributed by atoms with van der Waals surface area (Å²) in [5.41, 5.74) is 2.75. The third-order valence-corrected chi connectivity index (χ3v) is 4.08. The molecule has 0 bridgehead atoms. The highest BCUT2D eigenvalue weighted by atomic mass is 16.5. The van der Waals surface area contributed by atoms with E-state index in [2.05, 4.69) is 31.7 Å². The van der Waals surface area contributed by atoms with Crippen LogP contribution in [0, 0.1) is 0 Å². The SMILES string of the molecule is COCCCNc1ncc(C(=O)NCCc2c[nH]c3ccccc23)cn1. The number of ether oxygens (including phenoxy) is 1. The average Bonchev–Trinajstić information content (AvgIpc) is 3.09. The molecular formula is C19H23N5O2. The summed E-state index contributed by atoms with van der Waals surface area (Å²) in [6, 6.07) is 8.13. The summed E-state index contributed by atoms with van der Waals surface area (Å²) >= 11 is 0. The number of amides is 1. The van der Waals surface area contributed by atoms with Crippen LogP contribution in [-0.2, 0) is 11.2 Å². The second kappa shape index (κ2) is 8.96. The van der Waals surface area contributed by atoms with E-state index >= 15 is 0 Å². The van der Waals surface area contributed by atoms with Gasteiger partial charge in [-0.3, -0.25) is 4.79 Å². The van der Waals surface area contributed by atoms with Gasteiger partial charge < -0.3 is 20.4 Å². The Morgan fingerprint density at radius 2 is 2.00 bits per heavy atom. The number of hydrogen-bond acceptors (Lipinski definition) is 5. The number of fused-ring (bicyclic) bond motifs is 1. The summed E-state index contributed by atoms with van der Waals surface area (Å²) in [5.74, 6) is 0.340. The van der Waals surface area contributed by atoms with Gasteiger partial charge in [-0.25, -0.2) is 9.97 Å². The molecule has 2 aromatic heterocycles. The number of aromatic nitrogens is 3. The molecule has 3 N–H and O–H groups in total. The van der Waals surface area contributed by atoms with Crippen LogP contribution in [0.2, 0.25) is 0 Å². The van der Waals surface area contributed by atoms with Gasteiger partial charge in [0, 0.05) is 56.3 Å². The molecule has 26 heavy (non-hydrogen) atoms. The van der Waals surface area contributed by atoms with Crippen molar-refractivity contribution in [2.24, 2.45) is 0 Å². The maximum absolute atomic E-state index is 12.2. The molecule has 3 rings (SSSR count). The number of benzene rings is 1. The monoisotopic (exact) mass is 353 g/mol. The zero-order valence-electron chi connectivity index (χ0n) is 14.8.